The van der Waals surface area contributed by atoms with E-state index in [1.165, 1.54) is 45.1 Å². The van der Waals surface area contributed by atoms with Gasteiger partial charge in [0.2, 0.25) is 0 Å². The summed E-state index contributed by atoms with van der Waals surface area (Å²) in [6, 6.07) is 0.801. The van der Waals surface area contributed by atoms with Crippen molar-refractivity contribution in [2.24, 2.45) is 23.7 Å². The number of rotatable bonds is 6. The predicted molar refractivity (Wildman–Crippen MR) is 59.1 cm³/mol. The first-order valence-corrected chi connectivity index (χ1v) is 6.58. The normalized spacial score (nSPS) is 29.6. The lowest BCUT2D eigenvalue weighted by Gasteiger charge is -2.20. The summed E-state index contributed by atoms with van der Waals surface area (Å²) in [5.41, 5.74) is 0. The summed E-state index contributed by atoms with van der Waals surface area (Å²) in [6.45, 7) is 3.71. The highest BCUT2D eigenvalue weighted by Gasteiger charge is 2.41. The first-order chi connectivity index (χ1) is 6.84. The quantitative estimate of drug-likeness (QED) is 0.684. The number of hydrogen-bond donors (Lipinski definition) is 1. The fourth-order valence-electron chi connectivity index (χ4n) is 2.85. The van der Waals surface area contributed by atoms with Crippen molar-refractivity contribution in [1.29, 1.82) is 0 Å². The van der Waals surface area contributed by atoms with Crippen molar-refractivity contribution in [2.75, 3.05) is 6.54 Å². The Morgan fingerprint density at radius 2 is 1.43 bits per heavy atom. The zero-order valence-electron chi connectivity index (χ0n) is 9.34. The average Bonchev–Trinajstić information content (AvgIpc) is 2.95. The summed E-state index contributed by atoms with van der Waals surface area (Å²) in [7, 11) is 0. The van der Waals surface area contributed by atoms with Crippen molar-refractivity contribution >= 4 is 0 Å². The van der Waals surface area contributed by atoms with Crippen LogP contribution in [0.15, 0.2) is 0 Å². The van der Waals surface area contributed by atoms with E-state index >= 15 is 0 Å². The molecule has 3 aliphatic rings. The minimum absolute atomic E-state index is 0.801. The molecule has 0 aromatic rings. The summed E-state index contributed by atoms with van der Waals surface area (Å²) in [5.74, 6) is 4.30. The van der Waals surface area contributed by atoms with Gasteiger partial charge in [0.05, 0.1) is 0 Å². The molecule has 0 saturated heterocycles. The SMILES string of the molecule is CC(NCC(C1CC1)C1CC1)C1CC1. The van der Waals surface area contributed by atoms with Crippen LogP contribution in [0.25, 0.3) is 0 Å². The maximum Gasteiger partial charge on any atom is 0.00671 e. The van der Waals surface area contributed by atoms with Gasteiger partial charge < -0.3 is 5.32 Å². The molecule has 3 rings (SSSR count). The molecule has 0 spiro atoms. The van der Waals surface area contributed by atoms with Gasteiger partial charge in [-0.1, -0.05) is 0 Å². The molecule has 0 aromatic carbocycles. The molecule has 3 aliphatic carbocycles. The van der Waals surface area contributed by atoms with E-state index in [9.17, 15) is 0 Å². The minimum atomic E-state index is 0.801. The molecule has 0 radical (unpaired) electrons. The largest absolute Gasteiger partial charge is 0.314 e. The van der Waals surface area contributed by atoms with Gasteiger partial charge in [-0.2, -0.15) is 0 Å². The summed E-state index contributed by atoms with van der Waals surface area (Å²) < 4.78 is 0. The molecule has 3 fully saturated rings. The van der Waals surface area contributed by atoms with Crippen LogP contribution in [-0.2, 0) is 0 Å². The number of nitrogens with one attached hydrogen (secondary N) is 1. The molecule has 1 N–H and O–H groups in total. The Bertz CT molecular complexity index is 189. The van der Waals surface area contributed by atoms with Crippen LogP contribution in [-0.4, -0.2) is 12.6 Å². The van der Waals surface area contributed by atoms with Crippen LogP contribution in [0.1, 0.15) is 45.4 Å². The molecule has 0 heterocycles. The zero-order chi connectivity index (χ0) is 9.54. The van der Waals surface area contributed by atoms with Gasteiger partial charge in [-0.15, -0.1) is 0 Å². The van der Waals surface area contributed by atoms with Gasteiger partial charge in [0, 0.05) is 6.04 Å². The molecule has 14 heavy (non-hydrogen) atoms. The molecule has 1 unspecified atom stereocenters. The van der Waals surface area contributed by atoms with Gasteiger partial charge in [-0.3, -0.25) is 0 Å². The summed E-state index contributed by atoms with van der Waals surface area (Å²) >= 11 is 0. The van der Waals surface area contributed by atoms with E-state index in [0.717, 1.165) is 29.7 Å². The maximum absolute atomic E-state index is 3.79. The lowest BCUT2D eigenvalue weighted by Crippen LogP contribution is -2.34. The Kier molecular flexibility index (Phi) is 2.31. The summed E-state index contributed by atoms with van der Waals surface area (Å²) in [4.78, 5) is 0. The van der Waals surface area contributed by atoms with Crippen LogP contribution < -0.4 is 5.32 Å². The average molecular weight is 193 g/mol. The Morgan fingerprint density at radius 1 is 0.929 bits per heavy atom. The van der Waals surface area contributed by atoms with E-state index in [-0.39, 0.29) is 0 Å². The molecular weight excluding hydrogens is 170 g/mol. The molecule has 0 bridgehead atoms. The third kappa shape index (κ3) is 2.13. The molecular formula is C13H23N. The second-order valence-corrected chi connectivity index (χ2v) is 5.87. The standard InChI is InChI=1S/C13H23N/c1-9(10-2-3-10)14-8-13(11-4-5-11)12-6-7-12/h9-14H,2-8H2,1H3. The van der Waals surface area contributed by atoms with Crippen LogP contribution in [0, 0.1) is 23.7 Å². The van der Waals surface area contributed by atoms with Crippen molar-refractivity contribution in [1.82, 2.24) is 5.32 Å². The molecule has 1 heteroatoms. The Balaban J connectivity index is 1.44. The molecule has 1 atom stereocenters. The van der Waals surface area contributed by atoms with Crippen molar-refractivity contribution in [3.63, 3.8) is 0 Å². The van der Waals surface area contributed by atoms with Gasteiger partial charge in [-0.05, 0) is 75.7 Å². The molecule has 0 amide bonds. The molecule has 1 nitrogen and oxygen atoms in total. The van der Waals surface area contributed by atoms with E-state index in [1.807, 2.05) is 0 Å². The molecule has 0 aliphatic heterocycles. The van der Waals surface area contributed by atoms with E-state index in [2.05, 4.69) is 12.2 Å². The van der Waals surface area contributed by atoms with Gasteiger partial charge >= 0.3 is 0 Å². The highest BCUT2D eigenvalue weighted by molar-refractivity contribution is 4.93. The second kappa shape index (κ2) is 3.52. The first-order valence-electron chi connectivity index (χ1n) is 6.58. The number of hydrogen-bond acceptors (Lipinski definition) is 1. The highest BCUT2D eigenvalue weighted by atomic mass is 14.9. The summed E-state index contributed by atoms with van der Waals surface area (Å²) in [5, 5.41) is 3.79. The fraction of sp³-hybridized carbons (Fsp3) is 1.00. The summed E-state index contributed by atoms with van der Waals surface area (Å²) in [6.07, 6.45) is 9.07. The van der Waals surface area contributed by atoms with Crippen molar-refractivity contribution in [3.8, 4) is 0 Å². The second-order valence-electron chi connectivity index (χ2n) is 5.87. The minimum Gasteiger partial charge on any atom is -0.314 e. The molecule has 80 valence electrons. The van der Waals surface area contributed by atoms with Crippen LogP contribution in [0.2, 0.25) is 0 Å². The van der Waals surface area contributed by atoms with Crippen LogP contribution in [0.3, 0.4) is 0 Å². The fourth-order valence-corrected chi connectivity index (χ4v) is 2.85. The maximum atomic E-state index is 3.79. The molecule has 3 saturated carbocycles. The Morgan fingerprint density at radius 3 is 1.86 bits per heavy atom. The monoisotopic (exact) mass is 193 g/mol. The van der Waals surface area contributed by atoms with Crippen LogP contribution >= 0.6 is 0 Å². The Hall–Kier alpha value is -0.0400. The lowest BCUT2D eigenvalue weighted by molar-refractivity contribution is 0.349. The van der Waals surface area contributed by atoms with Crippen LogP contribution in [0.5, 0.6) is 0 Å². The predicted octanol–water partition coefficient (Wildman–Crippen LogP) is 2.81. The van der Waals surface area contributed by atoms with Crippen molar-refractivity contribution in [2.45, 2.75) is 51.5 Å². The van der Waals surface area contributed by atoms with E-state index in [4.69, 9.17) is 0 Å². The Labute approximate surface area is 87.7 Å². The topological polar surface area (TPSA) is 12.0 Å². The van der Waals surface area contributed by atoms with Crippen molar-refractivity contribution < 1.29 is 0 Å². The van der Waals surface area contributed by atoms with Gasteiger partial charge in [0.25, 0.3) is 0 Å². The van der Waals surface area contributed by atoms with Gasteiger partial charge in [0.15, 0.2) is 0 Å². The zero-order valence-corrected chi connectivity index (χ0v) is 9.34. The van der Waals surface area contributed by atoms with Crippen molar-refractivity contribution in [3.05, 3.63) is 0 Å². The van der Waals surface area contributed by atoms with E-state index in [0.29, 0.717) is 0 Å². The van der Waals surface area contributed by atoms with Gasteiger partial charge in [-0.25, -0.2) is 0 Å². The molecule has 0 aromatic heterocycles. The third-order valence-electron chi connectivity index (χ3n) is 4.46. The van der Waals surface area contributed by atoms with Crippen LogP contribution in [0.4, 0.5) is 0 Å². The lowest BCUT2D eigenvalue weighted by atomic mass is 9.97. The highest BCUT2D eigenvalue weighted by Crippen LogP contribution is 2.49. The van der Waals surface area contributed by atoms with E-state index in [1.54, 1.807) is 0 Å². The van der Waals surface area contributed by atoms with Gasteiger partial charge in [0.1, 0.15) is 0 Å². The third-order valence-corrected chi connectivity index (χ3v) is 4.46. The smallest absolute Gasteiger partial charge is 0.00671 e. The van der Waals surface area contributed by atoms with E-state index < -0.39 is 0 Å². The first kappa shape index (κ1) is 9.21.